The SMILES string of the molecule is Cc1ccc(C(=O)C2CCN(C(=O)c3ccc(Br)cc3C)CC2)cc1. The number of ketones is 1. The number of hydrogen-bond acceptors (Lipinski definition) is 2. The van der Waals surface area contributed by atoms with E-state index in [1.807, 2.05) is 61.2 Å². The molecule has 25 heavy (non-hydrogen) atoms. The molecule has 0 aliphatic carbocycles. The second kappa shape index (κ2) is 7.52. The second-order valence-corrected chi connectivity index (χ2v) is 7.67. The molecule has 0 atom stereocenters. The van der Waals surface area contributed by atoms with Gasteiger partial charge in [0.05, 0.1) is 0 Å². The number of carbonyl (C=O) groups excluding carboxylic acids is 2. The monoisotopic (exact) mass is 399 g/mol. The van der Waals surface area contributed by atoms with Crippen LogP contribution in [0.4, 0.5) is 0 Å². The number of amides is 1. The molecule has 130 valence electrons. The standard InChI is InChI=1S/C21H22BrNO2/c1-14-3-5-16(6-4-14)20(24)17-9-11-23(12-10-17)21(25)19-8-7-18(22)13-15(19)2/h3-8,13,17H,9-12H2,1-2H3. The molecule has 0 N–H and O–H groups in total. The minimum Gasteiger partial charge on any atom is -0.339 e. The van der Waals surface area contributed by atoms with Crippen molar-refractivity contribution < 1.29 is 9.59 Å². The molecule has 3 nitrogen and oxygen atoms in total. The topological polar surface area (TPSA) is 37.4 Å². The van der Waals surface area contributed by atoms with E-state index in [0.717, 1.165) is 39.6 Å². The molecular weight excluding hydrogens is 378 g/mol. The molecule has 0 radical (unpaired) electrons. The van der Waals surface area contributed by atoms with Crippen molar-refractivity contribution in [3.63, 3.8) is 0 Å². The van der Waals surface area contributed by atoms with Crippen LogP contribution in [-0.4, -0.2) is 29.7 Å². The molecule has 0 bridgehead atoms. The highest BCUT2D eigenvalue weighted by molar-refractivity contribution is 9.10. The van der Waals surface area contributed by atoms with Crippen molar-refractivity contribution in [1.29, 1.82) is 0 Å². The van der Waals surface area contributed by atoms with E-state index in [1.165, 1.54) is 0 Å². The number of benzene rings is 2. The van der Waals surface area contributed by atoms with Gasteiger partial charge in [0.1, 0.15) is 0 Å². The molecule has 0 aromatic heterocycles. The van der Waals surface area contributed by atoms with Crippen LogP contribution in [0.5, 0.6) is 0 Å². The summed E-state index contributed by atoms with van der Waals surface area (Å²) in [5.74, 6) is 0.274. The number of hydrogen-bond donors (Lipinski definition) is 0. The van der Waals surface area contributed by atoms with Crippen LogP contribution in [0.15, 0.2) is 46.9 Å². The summed E-state index contributed by atoms with van der Waals surface area (Å²) in [6.07, 6.45) is 1.46. The van der Waals surface area contributed by atoms with Gasteiger partial charge < -0.3 is 4.90 Å². The lowest BCUT2D eigenvalue weighted by atomic mass is 9.88. The van der Waals surface area contributed by atoms with Crippen LogP contribution in [0.2, 0.25) is 0 Å². The van der Waals surface area contributed by atoms with Crippen molar-refractivity contribution in [3.05, 3.63) is 69.2 Å². The molecule has 0 unspecified atom stereocenters. The Morgan fingerprint density at radius 1 is 1.00 bits per heavy atom. The van der Waals surface area contributed by atoms with E-state index in [2.05, 4.69) is 15.9 Å². The largest absolute Gasteiger partial charge is 0.339 e. The fourth-order valence-electron chi connectivity index (χ4n) is 3.34. The van der Waals surface area contributed by atoms with Crippen molar-refractivity contribution in [2.24, 2.45) is 5.92 Å². The van der Waals surface area contributed by atoms with Gasteiger partial charge in [-0.05, 0) is 50.5 Å². The maximum absolute atomic E-state index is 12.7. The van der Waals surface area contributed by atoms with E-state index >= 15 is 0 Å². The summed E-state index contributed by atoms with van der Waals surface area (Å²) in [5, 5.41) is 0. The highest BCUT2D eigenvalue weighted by Gasteiger charge is 2.28. The summed E-state index contributed by atoms with van der Waals surface area (Å²) < 4.78 is 0.976. The van der Waals surface area contributed by atoms with Crippen LogP contribution in [0, 0.1) is 19.8 Å². The number of Topliss-reactive ketones (excluding diaryl/α,β-unsaturated/α-hetero) is 1. The Kier molecular flexibility index (Phi) is 5.38. The van der Waals surface area contributed by atoms with Crippen molar-refractivity contribution in [2.75, 3.05) is 13.1 Å². The zero-order valence-electron chi connectivity index (χ0n) is 14.6. The third kappa shape index (κ3) is 4.01. The average Bonchev–Trinajstić information content (AvgIpc) is 2.61. The number of aryl methyl sites for hydroxylation is 2. The van der Waals surface area contributed by atoms with Crippen molar-refractivity contribution in [3.8, 4) is 0 Å². The van der Waals surface area contributed by atoms with Gasteiger partial charge >= 0.3 is 0 Å². The molecule has 1 saturated heterocycles. The molecule has 2 aromatic rings. The Labute approximate surface area is 157 Å². The van der Waals surface area contributed by atoms with Gasteiger partial charge in [0.25, 0.3) is 5.91 Å². The molecule has 4 heteroatoms. The van der Waals surface area contributed by atoms with Crippen molar-refractivity contribution in [1.82, 2.24) is 4.90 Å². The second-order valence-electron chi connectivity index (χ2n) is 6.76. The predicted molar refractivity (Wildman–Crippen MR) is 103 cm³/mol. The van der Waals surface area contributed by atoms with Crippen LogP contribution in [-0.2, 0) is 0 Å². The molecule has 3 rings (SSSR count). The molecule has 0 saturated carbocycles. The minimum absolute atomic E-state index is 0.0118. The third-order valence-electron chi connectivity index (χ3n) is 4.91. The number of rotatable bonds is 3. The normalized spacial score (nSPS) is 15.2. The Balaban J connectivity index is 1.64. The lowest BCUT2D eigenvalue weighted by Gasteiger charge is -2.31. The number of nitrogens with zero attached hydrogens (tertiary/aromatic N) is 1. The molecule has 1 aliphatic rings. The summed E-state index contributed by atoms with van der Waals surface area (Å²) in [6, 6.07) is 13.5. The molecule has 0 spiro atoms. The van der Waals surface area contributed by atoms with Gasteiger partial charge in [-0.1, -0.05) is 45.8 Å². The van der Waals surface area contributed by atoms with Gasteiger partial charge in [0.2, 0.25) is 0 Å². The summed E-state index contributed by atoms with van der Waals surface area (Å²) in [5.41, 5.74) is 3.64. The molecule has 1 aliphatic heterocycles. The smallest absolute Gasteiger partial charge is 0.254 e. The lowest BCUT2D eigenvalue weighted by Crippen LogP contribution is -2.40. The van der Waals surface area contributed by atoms with Gasteiger partial charge in [-0.15, -0.1) is 0 Å². The quantitative estimate of drug-likeness (QED) is 0.694. The van der Waals surface area contributed by atoms with E-state index in [-0.39, 0.29) is 17.6 Å². The third-order valence-corrected chi connectivity index (χ3v) is 5.40. The van der Waals surface area contributed by atoms with Gasteiger partial charge in [-0.3, -0.25) is 9.59 Å². The highest BCUT2D eigenvalue weighted by Crippen LogP contribution is 2.24. The van der Waals surface area contributed by atoms with Crippen LogP contribution >= 0.6 is 15.9 Å². The van der Waals surface area contributed by atoms with Crippen molar-refractivity contribution in [2.45, 2.75) is 26.7 Å². The summed E-state index contributed by atoms with van der Waals surface area (Å²) in [7, 11) is 0. The summed E-state index contributed by atoms with van der Waals surface area (Å²) in [4.78, 5) is 27.3. The zero-order valence-corrected chi connectivity index (χ0v) is 16.2. The highest BCUT2D eigenvalue weighted by atomic mass is 79.9. The number of piperidine rings is 1. The lowest BCUT2D eigenvalue weighted by molar-refractivity contribution is 0.0649. The Bertz CT molecular complexity index is 790. The summed E-state index contributed by atoms with van der Waals surface area (Å²) >= 11 is 3.43. The fourth-order valence-corrected chi connectivity index (χ4v) is 3.81. The molecular formula is C21H22BrNO2. The van der Waals surface area contributed by atoms with E-state index in [9.17, 15) is 9.59 Å². The first-order valence-corrected chi connectivity index (χ1v) is 9.41. The number of likely N-dealkylation sites (tertiary alicyclic amines) is 1. The molecule has 1 fully saturated rings. The van der Waals surface area contributed by atoms with E-state index in [4.69, 9.17) is 0 Å². The minimum atomic E-state index is 0.0118. The predicted octanol–water partition coefficient (Wildman–Crippen LogP) is 4.80. The van der Waals surface area contributed by atoms with Crippen LogP contribution in [0.25, 0.3) is 0 Å². The Morgan fingerprint density at radius 3 is 2.24 bits per heavy atom. The van der Waals surface area contributed by atoms with Gasteiger partial charge in [0, 0.05) is 34.6 Å². The Hall–Kier alpha value is -1.94. The van der Waals surface area contributed by atoms with Gasteiger partial charge in [-0.25, -0.2) is 0 Å². The van der Waals surface area contributed by atoms with Gasteiger partial charge in [-0.2, -0.15) is 0 Å². The Morgan fingerprint density at radius 2 is 1.64 bits per heavy atom. The zero-order chi connectivity index (χ0) is 18.0. The van der Waals surface area contributed by atoms with Crippen LogP contribution in [0.1, 0.15) is 44.7 Å². The maximum Gasteiger partial charge on any atom is 0.254 e. The number of carbonyl (C=O) groups is 2. The van der Waals surface area contributed by atoms with E-state index in [1.54, 1.807) is 0 Å². The summed E-state index contributed by atoms with van der Waals surface area (Å²) in [6.45, 7) is 5.24. The molecule has 1 heterocycles. The molecule has 1 amide bonds. The van der Waals surface area contributed by atoms with Crippen molar-refractivity contribution >= 4 is 27.6 Å². The van der Waals surface area contributed by atoms with Gasteiger partial charge in [0.15, 0.2) is 5.78 Å². The van der Waals surface area contributed by atoms with Crippen LogP contribution < -0.4 is 0 Å². The first-order valence-electron chi connectivity index (χ1n) is 8.62. The first-order chi connectivity index (χ1) is 12.0. The number of halogens is 1. The average molecular weight is 400 g/mol. The first kappa shape index (κ1) is 17.9. The molecule has 2 aromatic carbocycles. The van der Waals surface area contributed by atoms with E-state index in [0.29, 0.717) is 13.1 Å². The fraction of sp³-hybridized carbons (Fsp3) is 0.333. The van der Waals surface area contributed by atoms with Crippen LogP contribution in [0.3, 0.4) is 0 Å². The van der Waals surface area contributed by atoms with E-state index < -0.39 is 0 Å². The maximum atomic E-state index is 12.7.